The minimum atomic E-state index is -0.423. The van der Waals surface area contributed by atoms with Crippen LogP contribution in [0.4, 0.5) is 4.79 Å². The Morgan fingerprint density at radius 1 is 1.44 bits per heavy atom. The van der Waals surface area contributed by atoms with Crippen LogP contribution in [0.3, 0.4) is 0 Å². The lowest BCUT2D eigenvalue weighted by Crippen LogP contribution is -2.36. The summed E-state index contributed by atoms with van der Waals surface area (Å²) >= 11 is 0. The third kappa shape index (κ3) is 2.86. The zero-order valence-electron chi connectivity index (χ0n) is 11.6. The van der Waals surface area contributed by atoms with Gasteiger partial charge in [-0.2, -0.15) is 0 Å². The van der Waals surface area contributed by atoms with Gasteiger partial charge in [0.05, 0.1) is 0 Å². The summed E-state index contributed by atoms with van der Waals surface area (Å²) in [6.07, 6.45) is 5.29. The minimum Gasteiger partial charge on any atom is -0.444 e. The lowest BCUT2D eigenvalue weighted by Gasteiger charge is -2.27. The Kier molecular flexibility index (Phi) is 3.66. The van der Waals surface area contributed by atoms with Crippen LogP contribution in [0.15, 0.2) is 12.2 Å². The van der Waals surface area contributed by atoms with Crippen LogP contribution in [0, 0.1) is 17.8 Å². The van der Waals surface area contributed by atoms with Gasteiger partial charge in [0, 0.05) is 13.1 Å². The van der Waals surface area contributed by atoms with Crippen molar-refractivity contribution in [2.45, 2.75) is 32.8 Å². The molecule has 2 aliphatic rings. The predicted octanol–water partition coefficient (Wildman–Crippen LogP) is 2.00. The maximum atomic E-state index is 12.0. The van der Waals surface area contributed by atoms with E-state index >= 15 is 0 Å². The molecule has 2 N–H and O–H groups in total. The largest absolute Gasteiger partial charge is 0.444 e. The standard InChI is InChI=1S/C14H24N2O2/c1-14(2,3)18-13(17)16-8-11-6-4-5-10(7-15)12(11)9-16/h4,6,10-12H,5,7-9,15H2,1-3H3/t10-,11-,12-/m0/s1. The number of carbonyl (C=O) groups excluding carboxylic acids is 1. The van der Waals surface area contributed by atoms with E-state index in [2.05, 4.69) is 12.2 Å². The summed E-state index contributed by atoms with van der Waals surface area (Å²) in [5, 5.41) is 0. The Hall–Kier alpha value is -1.03. The summed E-state index contributed by atoms with van der Waals surface area (Å²) in [5.41, 5.74) is 5.39. The number of carbonyl (C=O) groups is 1. The molecule has 1 fully saturated rings. The molecule has 0 saturated carbocycles. The maximum Gasteiger partial charge on any atom is 0.410 e. The molecule has 0 aromatic heterocycles. The summed E-state index contributed by atoms with van der Waals surface area (Å²) in [4.78, 5) is 13.9. The summed E-state index contributed by atoms with van der Waals surface area (Å²) in [6.45, 7) is 7.95. The van der Waals surface area contributed by atoms with Crippen molar-refractivity contribution in [3.8, 4) is 0 Å². The number of amides is 1. The second-order valence-electron chi connectivity index (χ2n) is 6.37. The Labute approximate surface area is 109 Å². The maximum absolute atomic E-state index is 12.0. The first-order valence-electron chi connectivity index (χ1n) is 6.75. The molecule has 1 aliphatic carbocycles. The van der Waals surface area contributed by atoms with E-state index in [1.165, 1.54) is 0 Å². The van der Waals surface area contributed by atoms with Crippen molar-refractivity contribution in [2.24, 2.45) is 23.5 Å². The Morgan fingerprint density at radius 3 is 2.78 bits per heavy atom. The van der Waals surface area contributed by atoms with Crippen molar-refractivity contribution in [1.82, 2.24) is 4.90 Å². The van der Waals surface area contributed by atoms with E-state index in [4.69, 9.17) is 10.5 Å². The second-order valence-corrected chi connectivity index (χ2v) is 6.37. The normalized spacial score (nSPS) is 31.3. The molecule has 102 valence electrons. The third-order valence-electron chi connectivity index (χ3n) is 3.79. The molecule has 3 atom stereocenters. The molecule has 1 heterocycles. The Bertz CT molecular complexity index is 346. The average Bonchev–Trinajstić information content (AvgIpc) is 2.70. The second kappa shape index (κ2) is 4.92. The summed E-state index contributed by atoms with van der Waals surface area (Å²) < 4.78 is 5.43. The fourth-order valence-electron chi connectivity index (χ4n) is 2.91. The number of hydrogen-bond donors (Lipinski definition) is 1. The zero-order valence-corrected chi connectivity index (χ0v) is 11.6. The van der Waals surface area contributed by atoms with Crippen LogP contribution in [-0.2, 0) is 4.74 Å². The molecule has 0 spiro atoms. The van der Waals surface area contributed by atoms with Gasteiger partial charge in [0.2, 0.25) is 0 Å². The van der Waals surface area contributed by atoms with E-state index in [1.54, 1.807) is 0 Å². The van der Waals surface area contributed by atoms with E-state index in [0.717, 1.165) is 19.5 Å². The molecule has 1 saturated heterocycles. The number of nitrogens with two attached hydrogens (primary N) is 1. The first-order chi connectivity index (χ1) is 8.40. The van der Waals surface area contributed by atoms with Crippen molar-refractivity contribution in [1.29, 1.82) is 0 Å². The van der Waals surface area contributed by atoms with Gasteiger partial charge in [0.25, 0.3) is 0 Å². The highest BCUT2D eigenvalue weighted by molar-refractivity contribution is 5.68. The van der Waals surface area contributed by atoms with Gasteiger partial charge in [-0.15, -0.1) is 0 Å². The summed E-state index contributed by atoms with van der Waals surface area (Å²) in [6, 6.07) is 0. The molecule has 0 unspecified atom stereocenters. The van der Waals surface area contributed by atoms with Gasteiger partial charge in [-0.3, -0.25) is 0 Å². The van der Waals surface area contributed by atoms with E-state index in [9.17, 15) is 4.79 Å². The highest BCUT2D eigenvalue weighted by atomic mass is 16.6. The average molecular weight is 252 g/mol. The number of nitrogens with zero attached hydrogens (tertiary/aromatic N) is 1. The fourth-order valence-corrected chi connectivity index (χ4v) is 2.91. The number of rotatable bonds is 1. The van der Waals surface area contributed by atoms with Gasteiger partial charge in [0.15, 0.2) is 0 Å². The van der Waals surface area contributed by atoms with Gasteiger partial charge in [-0.05, 0) is 51.5 Å². The van der Waals surface area contributed by atoms with Crippen LogP contribution in [-0.4, -0.2) is 36.2 Å². The third-order valence-corrected chi connectivity index (χ3v) is 3.79. The molecule has 0 radical (unpaired) electrons. The number of hydrogen-bond acceptors (Lipinski definition) is 3. The van der Waals surface area contributed by atoms with Crippen molar-refractivity contribution < 1.29 is 9.53 Å². The number of fused-ring (bicyclic) bond motifs is 1. The minimum absolute atomic E-state index is 0.193. The molecular weight excluding hydrogens is 228 g/mol. The first-order valence-corrected chi connectivity index (χ1v) is 6.75. The van der Waals surface area contributed by atoms with Crippen LogP contribution >= 0.6 is 0 Å². The molecule has 0 bridgehead atoms. The van der Waals surface area contributed by atoms with E-state index < -0.39 is 5.60 Å². The molecule has 0 aromatic rings. The molecule has 2 rings (SSSR count). The van der Waals surface area contributed by atoms with Gasteiger partial charge >= 0.3 is 6.09 Å². The van der Waals surface area contributed by atoms with Gasteiger partial charge in [-0.25, -0.2) is 4.79 Å². The molecule has 0 aromatic carbocycles. The highest BCUT2D eigenvalue weighted by Gasteiger charge is 2.40. The summed E-state index contributed by atoms with van der Waals surface area (Å²) in [7, 11) is 0. The SMILES string of the molecule is CC(C)(C)OC(=O)N1C[C@H]2[C@H](CN)CC=C[C@H]2C1. The highest BCUT2D eigenvalue weighted by Crippen LogP contribution is 2.36. The molecule has 1 aliphatic heterocycles. The van der Waals surface area contributed by atoms with Crippen LogP contribution in [0.2, 0.25) is 0 Å². The van der Waals surface area contributed by atoms with Crippen LogP contribution in [0.25, 0.3) is 0 Å². The van der Waals surface area contributed by atoms with Crippen LogP contribution in [0.5, 0.6) is 0 Å². The lowest BCUT2D eigenvalue weighted by molar-refractivity contribution is 0.0282. The van der Waals surface area contributed by atoms with Crippen molar-refractivity contribution >= 4 is 6.09 Å². The summed E-state index contributed by atoms with van der Waals surface area (Å²) in [5.74, 6) is 1.47. The number of ether oxygens (including phenoxy) is 1. The van der Waals surface area contributed by atoms with Crippen LogP contribution in [0.1, 0.15) is 27.2 Å². The van der Waals surface area contributed by atoms with Crippen LogP contribution < -0.4 is 5.73 Å². The van der Waals surface area contributed by atoms with Crippen molar-refractivity contribution in [2.75, 3.05) is 19.6 Å². The smallest absolute Gasteiger partial charge is 0.410 e. The molecule has 1 amide bonds. The molecule has 18 heavy (non-hydrogen) atoms. The lowest BCUT2D eigenvalue weighted by atomic mass is 9.78. The number of allylic oxidation sites excluding steroid dienone is 1. The first kappa shape index (κ1) is 13.4. The molecular formula is C14H24N2O2. The van der Waals surface area contributed by atoms with Crippen molar-refractivity contribution in [3.63, 3.8) is 0 Å². The molecule has 4 nitrogen and oxygen atoms in total. The molecule has 4 heteroatoms. The van der Waals surface area contributed by atoms with E-state index in [-0.39, 0.29) is 6.09 Å². The number of likely N-dealkylation sites (tertiary alicyclic amines) is 1. The Balaban J connectivity index is 1.99. The van der Waals surface area contributed by atoms with Gasteiger partial charge in [0.1, 0.15) is 5.60 Å². The van der Waals surface area contributed by atoms with Crippen molar-refractivity contribution in [3.05, 3.63) is 12.2 Å². The fraction of sp³-hybridized carbons (Fsp3) is 0.786. The van der Waals surface area contributed by atoms with Gasteiger partial charge < -0.3 is 15.4 Å². The quantitative estimate of drug-likeness (QED) is 0.726. The Morgan fingerprint density at radius 2 is 2.17 bits per heavy atom. The topological polar surface area (TPSA) is 55.6 Å². The van der Waals surface area contributed by atoms with E-state index in [1.807, 2.05) is 25.7 Å². The monoisotopic (exact) mass is 252 g/mol. The zero-order chi connectivity index (χ0) is 13.3. The van der Waals surface area contributed by atoms with Gasteiger partial charge in [-0.1, -0.05) is 12.2 Å². The van der Waals surface area contributed by atoms with E-state index in [0.29, 0.717) is 24.3 Å². The predicted molar refractivity (Wildman–Crippen MR) is 71.1 cm³/mol.